The van der Waals surface area contributed by atoms with E-state index in [0.717, 1.165) is 5.56 Å². The van der Waals surface area contributed by atoms with E-state index >= 15 is 0 Å². The Morgan fingerprint density at radius 1 is 1.50 bits per heavy atom. The number of hydroxylamine groups is 1. The Hall–Kier alpha value is -2.14. The molecular formula is C13H14N2O3. The van der Waals surface area contributed by atoms with Gasteiger partial charge in [0.1, 0.15) is 6.61 Å². The van der Waals surface area contributed by atoms with Crippen molar-refractivity contribution in [3.63, 3.8) is 0 Å². The number of amidine groups is 1. The Kier molecular flexibility index (Phi) is 4.09. The van der Waals surface area contributed by atoms with Crippen molar-refractivity contribution in [1.29, 1.82) is 0 Å². The molecule has 18 heavy (non-hydrogen) atoms. The fourth-order valence-electron chi connectivity index (χ4n) is 1.49. The van der Waals surface area contributed by atoms with Crippen LogP contribution in [0.15, 0.2) is 47.1 Å². The van der Waals surface area contributed by atoms with Crippen LogP contribution in [0.4, 0.5) is 0 Å². The number of benzene rings is 1. The number of carbonyl (C=O) groups excluding carboxylic acids is 1. The van der Waals surface area contributed by atoms with Gasteiger partial charge in [-0.3, -0.25) is 4.84 Å². The molecule has 0 aliphatic carbocycles. The molecule has 1 aliphatic heterocycles. The van der Waals surface area contributed by atoms with Crippen LogP contribution in [-0.4, -0.2) is 25.0 Å². The lowest BCUT2D eigenvalue weighted by molar-refractivity contribution is -0.137. The Morgan fingerprint density at radius 2 is 2.28 bits per heavy atom. The zero-order valence-corrected chi connectivity index (χ0v) is 10.1. The van der Waals surface area contributed by atoms with Crippen LogP contribution < -0.4 is 5.48 Å². The standard InChI is InChI=1S/C13H14N2O3/c1-2-17-12(16)8-11-9-18-15-13(14-11)10-6-4-3-5-7-10/h3-8H,2,9H2,1H3,(H,14,15)/b11-8-. The summed E-state index contributed by atoms with van der Waals surface area (Å²) in [4.78, 5) is 20.8. The van der Waals surface area contributed by atoms with Gasteiger partial charge in [0, 0.05) is 11.6 Å². The molecule has 0 spiro atoms. The minimum atomic E-state index is -0.408. The first-order valence-electron chi connectivity index (χ1n) is 5.69. The summed E-state index contributed by atoms with van der Waals surface area (Å²) in [6.45, 7) is 2.33. The number of hydrogen-bond donors (Lipinski definition) is 1. The molecule has 0 aromatic heterocycles. The van der Waals surface area contributed by atoms with E-state index in [1.54, 1.807) is 6.92 Å². The van der Waals surface area contributed by atoms with E-state index in [2.05, 4.69) is 10.5 Å². The van der Waals surface area contributed by atoms with Gasteiger partial charge in [0.2, 0.25) is 0 Å². The molecule has 1 aromatic carbocycles. The third-order valence-electron chi connectivity index (χ3n) is 2.26. The molecule has 0 unspecified atom stereocenters. The van der Waals surface area contributed by atoms with E-state index in [4.69, 9.17) is 9.57 Å². The SMILES string of the molecule is CCOC(=O)/C=C1/CONC(c2ccccc2)=N1. The summed E-state index contributed by atoms with van der Waals surface area (Å²) in [5.74, 6) is 0.173. The Balaban J connectivity index is 2.18. The van der Waals surface area contributed by atoms with Crippen molar-refractivity contribution >= 4 is 11.8 Å². The zero-order valence-electron chi connectivity index (χ0n) is 10.1. The first-order valence-corrected chi connectivity index (χ1v) is 5.69. The van der Waals surface area contributed by atoms with Crippen molar-refractivity contribution in [2.75, 3.05) is 13.2 Å². The van der Waals surface area contributed by atoms with Crippen LogP contribution in [0, 0.1) is 0 Å². The molecule has 0 atom stereocenters. The zero-order chi connectivity index (χ0) is 12.8. The minimum Gasteiger partial charge on any atom is -0.463 e. The smallest absolute Gasteiger partial charge is 0.332 e. The van der Waals surface area contributed by atoms with E-state index < -0.39 is 5.97 Å². The number of esters is 1. The van der Waals surface area contributed by atoms with Gasteiger partial charge in [-0.25, -0.2) is 15.3 Å². The molecule has 5 heteroatoms. The summed E-state index contributed by atoms with van der Waals surface area (Å²) in [5.41, 5.74) is 4.16. The Morgan fingerprint density at radius 3 is 3.00 bits per heavy atom. The second-order valence-corrected chi connectivity index (χ2v) is 3.60. The van der Waals surface area contributed by atoms with Crippen LogP contribution in [0.5, 0.6) is 0 Å². The summed E-state index contributed by atoms with van der Waals surface area (Å²) >= 11 is 0. The number of nitrogens with one attached hydrogen (secondary N) is 1. The predicted octanol–water partition coefficient (Wildman–Crippen LogP) is 1.41. The van der Waals surface area contributed by atoms with Gasteiger partial charge < -0.3 is 4.74 Å². The minimum absolute atomic E-state index is 0.231. The number of aliphatic imine (C=N–C) groups is 1. The van der Waals surface area contributed by atoms with Crippen LogP contribution in [0.2, 0.25) is 0 Å². The van der Waals surface area contributed by atoms with Crippen molar-refractivity contribution in [1.82, 2.24) is 5.48 Å². The van der Waals surface area contributed by atoms with Crippen LogP contribution in [0.25, 0.3) is 0 Å². The molecule has 1 heterocycles. The maximum Gasteiger partial charge on any atom is 0.332 e. The molecule has 1 N–H and O–H groups in total. The first kappa shape index (κ1) is 12.3. The summed E-state index contributed by atoms with van der Waals surface area (Å²) < 4.78 is 4.83. The van der Waals surface area contributed by atoms with Crippen LogP contribution in [0.3, 0.4) is 0 Å². The molecule has 94 valence electrons. The molecule has 5 nitrogen and oxygen atoms in total. The topological polar surface area (TPSA) is 59.9 Å². The van der Waals surface area contributed by atoms with Crippen molar-refractivity contribution < 1.29 is 14.4 Å². The highest BCUT2D eigenvalue weighted by Crippen LogP contribution is 2.08. The average Bonchev–Trinajstić information content (AvgIpc) is 2.40. The third kappa shape index (κ3) is 3.18. The predicted molar refractivity (Wildman–Crippen MR) is 66.8 cm³/mol. The number of carbonyl (C=O) groups is 1. The summed E-state index contributed by atoms with van der Waals surface area (Å²) in [6.07, 6.45) is 1.34. The largest absolute Gasteiger partial charge is 0.463 e. The lowest BCUT2D eigenvalue weighted by Gasteiger charge is -2.16. The lowest BCUT2D eigenvalue weighted by Crippen LogP contribution is -2.30. The fraction of sp³-hybridized carbons (Fsp3) is 0.231. The van der Waals surface area contributed by atoms with Crippen molar-refractivity contribution in [2.24, 2.45) is 4.99 Å². The fourth-order valence-corrected chi connectivity index (χ4v) is 1.49. The van der Waals surface area contributed by atoms with Gasteiger partial charge in [-0.15, -0.1) is 0 Å². The highest BCUT2D eigenvalue weighted by atomic mass is 16.6. The van der Waals surface area contributed by atoms with Gasteiger partial charge in [-0.1, -0.05) is 30.3 Å². The average molecular weight is 246 g/mol. The van der Waals surface area contributed by atoms with Gasteiger partial charge in [0.25, 0.3) is 0 Å². The van der Waals surface area contributed by atoms with Crippen molar-refractivity contribution in [3.8, 4) is 0 Å². The molecule has 0 bridgehead atoms. The van der Waals surface area contributed by atoms with Crippen molar-refractivity contribution in [2.45, 2.75) is 6.92 Å². The van der Waals surface area contributed by atoms with Gasteiger partial charge in [-0.05, 0) is 6.92 Å². The normalized spacial score (nSPS) is 16.9. The lowest BCUT2D eigenvalue weighted by atomic mass is 10.2. The quantitative estimate of drug-likeness (QED) is 0.647. The summed E-state index contributed by atoms with van der Waals surface area (Å²) in [5, 5.41) is 0. The van der Waals surface area contributed by atoms with E-state index in [1.807, 2.05) is 30.3 Å². The number of rotatable bonds is 3. The second-order valence-electron chi connectivity index (χ2n) is 3.60. The molecule has 0 saturated heterocycles. The van der Waals surface area contributed by atoms with Crippen LogP contribution >= 0.6 is 0 Å². The molecule has 1 aromatic rings. The van der Waals surface area contributed by atoms with Gasteiger partial charge in [-0.2, -0.15) is 0 Å². The summed E-state index contributed by atoms with van der Waals surface area (Å²) in [6, 6.07) is 9.54. The highest BCUT2D eigenvalue weighted by Gasteiger charge is 2.12. The first-order chi connectivity index (χ1) is 8.79. The number of ether oxygens (including phenoxy) is 1. The molecular weight excluding hydrogens is 232 g/mol. The summed E-state index contributed by atoms with van der Waals surface area (Å²) in [7, 11) is 0. The van der Waals surface area contributed by atoms with E-state index in [9.17, 15) is 4.79 Å². The Bertz CT molecular complexity index is 480. The molecule has 0 fully saturated rings. The highest BCUT2D eigenvalue weighted by molar-refractivity contribution is 5.99. The van der Waals surface area contributed by atoms with E-state index in [0.29, 0.717) is 18.1 Å². The van der Waals surface area contributed by atoms with Gasteiger partial charge in [0.15, 0.2) is 5.84 Å². The maximum absolute atomic E-state index is 11.3. The number of hydrogen-bond acceptors (Lipinski definition) is 5. The van der Waals surface area contributed by atoms with Crippen LogP contribution in [0.1, 0.15) is 12.5 Å². The Labute approximate surface area is 105 Å². The van der Waals surface area contributed by atoms with E-state index in [1.165, 1.54) is 6.08 Å². The molecule has 0 radical (unpaired) electrons. The number of nitrogens with zero attached hydrogens (tertiary/aromatic N) is 1. The molecule has 1 aliphatic rings. The van der Waals surface area contributed by atoms with E-state index in [-0.39, 0.29) is 6.61 Å². The molecule has 0 amide bonds. The maximum atomic E-state index is 11.3. The third-order valence-corrected chi connectivity index (χ3v) is 2.26. The van der Waals surface area contributed by atoms with Gasteiger partial charge in [0.05, 0.1) is 12.3 Å². The van der Waals surface area contributed by atoms with Crippen molar-refractivity contribution in [3.05, 3.63) is 47.7 Å². The van der Waals surface area contributed by atoms with Gasteiger partial charge >= 0.3 is 5.97 Å². The molecule has 0 saturated carbocycles. The van der Waals surface area contributed by atoms with Crippen LogP contribution in [-0.2, 0) is 14.4 Å². The second kappa shape index (κ2) is 5.97. The monoisotopic (exact) mass is 246 g/mol. The molecule has 2 rings (SSSR count).